The Kier molecular flexibility index (Phi) is 3.56. The summed E-state index contributed by atoms with van der Waals surface area (Å²) in [4.78, 5) is 14.8. The minimum atomic E-state index is 0.175. The average molecular weight is 311 g/mol. The van der Waals surface area contributed by atoms with Gasteiger partial charge in [0, 0.05) is 31.8 Å². The summed E-state index contributed by atoms with van der Waals surface area (Å²) in [7, 11) is 1.91. The summed E-state index contributed by atoms with van der Waals surface area (Å²) in [6, 6.07) is 6.30. The number of amides is 1. The second-order valence-corrected chi connectivity index (χ2v) is 6.41. The van der Waals surface area contributed by atoms with Crippen molar-refractivity contribution in [3.05, 3.63) is 47.3 Å². The van der Waals surface area contributed by atoms with Crippen LogP contribution in [0.5, 0.6) is 5.75 Å². The predicted molar refractivity (Wildman–Crippen MR) is 86.2 cm³/mol. The van der Waals surface area contributed by atoms with Gasteiger partial charge in [-0.3, -0.25) is 9.48 Å². The molecule has 4 rings (SSSR count). The molecule has 1 aromatic heterocycles. The van der Waals surface area contributed by atoms with E-state index in [1.807, 2.05) is 36.5 Å². The highest BCUT2D eigenvalue weighted by molar-refractivity contribution is 5.79. The lowest BCUT2D eigenvalue weighted by Gasteiger charge is -2.24. The van der Waals surface area contributed by atoms with E-state index in [1.54, 1.807) is 4.68 Å². The highest BCUT2D eigenvalue weighted by Gasteiger charge is 2.30. The zero-order valence-corrected chi connectivity index (χ0v) is 13.4. The Morgan fingerprint density at radius 1 is 1.43 bits per heavy atom. The van der Waals surface area contributed by atoms with Crippen LogP contribution in [0.1, 0.15) is 35.6 Å². The molecule has 0 aliphatic carbocycles. The molecule has 1 fully saturated rings. The molecular weight excluding hydrogens is 290 g/mol. The summed E-state index contributed by atoms with van der Waals surface area (Å²) >= 11 is 0. The Balaban J connectivity index is 1.50. The molecule has 0 bridgehead atoms. The largest absolute Gasteiger partial charge is 0.493 e. The van der Waals surface area contributed by atoms with Crippen LogP contribution < -0.4 is 4.74 Å². The number of carbonyl (C=O) groups is 1. The van der Waals surface area contributed by atoms with Crippen molar-refractivity contribution < 1.29 is 9.53 Å². The van der Waals surface area contributed by atoms with Crippen molar-refractivity contribution in [3.8, 4) is 5.75 Å². The van der Waals surface area contributed by atoms with Crippen molar-refractivity contribution in [1.29, 1.82) is 0 Å². The van der Waals surface area contributed by atoms with E-state index in [-0.39, 0.29) is 11.9 Å². The number of benzene rings is 1. The Hall–Kier alpha value is -2.30. The average Bonchev–Trinajstić information content (AvgIpc) is 3.26. The molecule has 5 nitrogen and oxygen atoms in total. The Morgan fingerprint density at radius 2 is 2.35 bits per heavy atom. The van der Waals surface area contributed by atoms with Gasteiger partial charge < -0.3 is 9.64 Å². The summed E-state index contributed by atoms with van der Waals surface area (Å²) in [5, 5.41) is 4.24. The summed E-state index contributed by atoms with van der Waals surface area (Å²) in [5.74, 6) is 1.17. The van der Waals surface area contributed by atoms with Gasteiger partial charge in [-0.25, -0.2) is 0 Å². The van der Waals surface area contributed by atoms with Crippen molar-refractivity contribution in [1.82, 2.24) is 14.7 Å². The standard InChI is InChI=1S/C18H21N3O2/c1-20-12-15(11-19-20)16-3-2-7-21(16)18(22)10-13-4-5-17-14(9-13)6-8-23-17/h4-5,9,11-12,16H,2-3,6-8,10H2,1H3. The number of nitrogens with zero attached hydrogens (tertiary/aromatic N) is 3. The van der Waals surface area contributed by atoms with Crippen molar-refractivity contribution in [3.63, 3.8) is 0 Å². The fourth-order valence-electron chi connectivity index (χ4n) is 3.65. The second-order valence-electron chi connectivity index (χ2n) is 6.41. The van der Waals surface area contributed by atoms with Crippen molar-refractivity contribution >= 4 is 5.91 Å². The first kappa shape index (κ1) is 14.3. The molecule has 2 aliphatic heterocycles. The quantitative estimate of drug-likeness (QED) is 0.873. The van der Waals surface area contributed by atoms with Gasteiger partial charge in [0.1, 0.15) is 5.75 Å². The van der Waals surface area contributed by atoms with E-state index in [0.29, 0.717) is 6.42 Å². The molecule has 2 aliphatic rings. The fourth-order valence-corrected chi connectivity index (χ4v) is 3.65. The Morgan fingerprint density at radius 3 is 3.17 bits per heavy atom. The fraction of sp³-hybridized carbons (Fsp3) is 0.444. The molecule has 2 aromatic rings. The number of aryl methyl sites for hydroxylation is 1. The number of likely N-dealkylation sites (tertiary alicyclic amines) is 1. The first-order chi connectivity index (χ1) is 11.2. The van der Waals surface area contributed by atoms with Gasteiger partial charge in [-0.05, 0) is 30.0 Å². The summed E-state index contributed by atoms with van der Waals surface area (Å²) in [5.41, 5.74) is 3.44. The van der Waals surface area contributed by atoms with Gasteiger partial charge in [-0.1, -0.05) is 12.1 Å². The summed E-state index contributed by atoms with van der Waals surface area (Å²) in [6.07, 6.45) is 7.38. The van der Waals surface area contributed by atoms with Crippen molar-refractivity contribution in [2.75, 3.05) is 13.2 Å². The van der Waals surface area contributed by atoms with Crippen LogP contribution in [0.4, 0.5) is 0 Å². The Labute approximate surface area is 135 Å². The molecule has 120 valence electrons. The molecule has 0 spiro atoms. The number of hydrogen-bond donors (Lipinski definition) is 0. The van der Waals surface area contributed by atoms with Crippen LogP contribution in [0.15, 0.2) is 30.6 Å². The smallest absolute Gasteiger partial charge is 0.227 e. The zero-order chi connectivity index (χ0) is 15.8. The van der Waals surface area contributed by atoms with E-state index in [4.69, 9.17) is 4.74 Å². The number of rotatable bonds is 3. The van der Waals surface area contributed by atoms with Gasteiger partial charge in [0.05, 0.1) is 25.3 Å². The normalized spacial score (nSPS) is 19.7. The molecule has 1 aromatic carbocycles. The van der Waals surface area contributed by atoms with E-state index >= 15 is 0 Å². The van der Waals surface area contributed by atoms with E-state index in [1.165, 1.54) is 5.56 Å². The molecule has 1 saturated heterocycles. The molecule has 0 saturated carbocycles. The maximum absolute atomic E-state index is 12.8. The molecule has 23 heavy (non-hydrogen) atoms. The number of ether oxygens (including phenoxy) is 1. The van der Waals surface area contributed by atoms with Crippen molar-refractivity contribution in [2.24, 2.45) is 7.05 Å². The topological polar surface area (TPSA) is 47.4 Å². The van der Waals surface area contributed by atoms with Crippen LogP contribution in [0.2, 0.25) is 0 Å². The summed E-state index contributed by atoms with van der Waals surface area (Å²) in [6.45, 7) is 1.59. The van der Waals surface area contributed by atoms with Gasteiger partial charge in [0.25, 0.3) is 0 Å². The molecule has 1 unspecified atom stereocenters. The third-order valence-electron chi connectivity index (χ3n) is 4.79. The third kappa shape index (κ3) is 2.71. The molecule has 5 heteroatoms. The minimum absolute atomic E-state index is 0.175. The molecule has 3 heterocycles. The van der Waals surface area contributed by atoms with Crippen LogP contribution in [0.3, 0.4) is 0 Å². The van der Waals surface area contributed by atoms with Crippen LogP contribution in [-0.2, 0) is 24.7 Å². The van der Waals surface area contributed by atoms with Gasteiger partial charge in [0.2, 0.25) is 5.91 Å². The lowest BCUT2D eigenvalue weighted by Crippen LogP contribution is -2.31. The maximum Gasteiger partial charge on any atom is 0.227 e. The SMILES string of the molecule is Cn1cc(C2CCCN2C(=O)Cc2ccc3c(c2)CCO3)cn1. The summed E-state index contributed by atoms with van der Waals surface area (Å²) < 4.78 is 7.33. The second kappa shape index (κ2) is 5.72. The molecule has 0 radical (unpaired) electrons. The number of aromatic nitrogens is 2. The Bertz CT molecular complexity index is 738. The van der Waals surface area contributed by atoms with Crippen LogP contribution in [0.25, 0.3) is 0 Å². The van der Waals surface area contributed by atoms with Crippen LogP contribution in [0, 0.1) is 0 Å². The highest BCUT2D eigenvalue weighted by Crippen LogP contribution is 2.32. The van der Waals surface area contributed by atoms with E-state index in [0.717, 1.165) is 49.3 Å². The molecule has 1 atom stereocenters. The maximum atomic E-state index is 12.8. The number of fused-ring (bicyclic) bond motifs is 1. The van der Waals surface area contributed by atoms with E-state index in [9.17, 15) is 4.79 Å². The van der Waals surface area contributed by atoms with Crippen LogP contribution in [-0.4, -0.2) is 33.7 Å². The molecule has 0 N–H and O–H groups in total. The van der Waals surface area contributed by atoms with Crippen LogP contribution >= 0.6 is 0 Å². The van der Waals surface area contributed by atoms with Gasteiger partial charge in [-0.15, -0.1) is 0 Å². The first-order valence-electron chi connectivity index (χ1n) is 8.23. The minimum Gasteiger partial charge on any atom is -0.493 e. The lowest BCUT2D eigenvalue weighted by atomic mass is 10.0. The third-order valence-corrected chi connectivity index (χ3v) is 4.79. The van der Waals surface area contributed by atoms with E-state index < -0.39 is 0 Å². The van der Waals surface area contributed by atoms with E-state index in [2.05, 4.69) is 11.2 Å². The van der Waals surface area contributed by atoms with Crippen molar-refractivity contribution in [2.45, 2.75) is 31.7 Å². The molecule has 1 amide bonds. The predicted octanol–water partition coefficient (Wildman–Crippen LogP) is 2.26. The monoisotopic (exact) mass is 311 g/mol. The number of carbonyl (C=O) groups excluding carboxylic acids is 1. The highest BCUT2D eigenvalue weighted by atomic mass is 16.5. The lowest BCUT2D eigenvalue weighted by molar-refractivity contribution is -0.131. The van der Waals surface area contributed by atoms with Gasteiger partial charge >= 0.3 is 0 Å². The van der Waals surface area contributed by atoms with Gasteiger partial charge in [-0.2, -0.15) is 5.10 Å². The number of hydrogen-bond acceptors (Lipinski definition) is 3. The zero-order valence-electron chi connectivity index (χ0n) is 13.4. The molecular formula is C18H21N3O2. The first-order valence-corrected chi connectivity index (χ1v) is 8.23. The van der Waals surface area contributed by atoms with Gasteiger partial charge in [0.15, 0.2) is 0 Å².